The van der Waals surface area contributed by atoms with Gasteiger partial charge in [0.25, 0.3) is 5.91 Å². The van der Waals surface area contributed by atoms with E-state index in [2.05, 4.69) is 15.2 Å². The number of hydrogen-bond donors (Lipinski definition) is 1. The fraction of sp³-hybridized carbons (Fsp3) is 0.500. The summed E-state index contributed by atoms with van der Waals surface area (Å²) < 4.78 is 16.6. The van der Waals surface area contributed by atoms with Gasteiger partial charge in [-0.3, -0.25) is 9.59 Å². The van der Waals surface area contributed by atoms with Crippen LogP contribution in [0, 0.1) is 0 Å². The fourth-order valence-corrected chi connectivity index (χ4v) is 4.85. The molecule has 1 saturated heterocycles. The molecule has 1 N–H and O–H groups in total. The minimum absolute atomic E-state index is 0.0263. The smallest absolute Gasteiger partial charge is 0.260 e. The number of nitrogens with one attached hydrogen (secondary N) is 1. The first-order valence-electron chi connectivity index (χ1n) is 10.5. The molecule has 2 amide bonds. The lowest BCUT2D eigenvalue weighted by Crippen LogP contribution is -2.56. The molecule has 8 heteroatoms. The van der Waals surface area contributed by atoms with E-state index < -0.39 is 17.1 Å². The molecule has 7 nitrogen and oxygen atoms in total. The summed E-state index contributed by atoms with van der Waals surface area (Å²) in [6.07, 6.45) is 4.92. The van der Waals surface area contributed by atoms with Crippen molar-refractivity contribution < 1.29 is 14.0 Å². The quantitative estimate of drug-likeness (QED) is 0.837. The van der Waals surface area contributed by atoms with E-state index in [9.17, 15) is 14.0 Å². The van der Waals surface area contributed by atoms with Gasteiger partial charge in [-0.15, -0.1) is 0 Å². The Labute approximate surface area is 174 Å². The lowest BCUT2D eigenvalue weighted by molar-refractivity contribution is -0.137. The number of halogens is 1. The van der Waals surface area contributed by atoms with Crippen molar-refractivity contribution in [2.45, 2.75) is 50.4 Å². The number of carbonyl (C=O) groups excluding carboxylic acids is 2. The molecule has 3 aliphatic rings. The predicted octanol–water partition coefficient (Wildman–Crippen LogP) is 2.15. The fourth-order valence-electron chi connectivity index (χ4n) is 4.85. The maximum Gasteiger partial charge on any atom is 0.260 e. The zero-order valence-corrected chi connectivity index (χ0v) is 17.3. The third kappa shape index (κ3) is 2.80. The molecular weight excluding hydrogens is 385 g/mol. The van der Waals surface area contributed by atoms with E-state index in [0.717, 1.165) is 17.2 Å². The SMILES string of the molecule is CC(C)NC(=O)CN1c2cccnc2-n2cccc2[C@]12CCN(C(=O)C1(F)CC1)C2. The highest BCUT2D eigenvalue weighted by atomic mass is 19.1. The van der Waals surface area contributed by atoms with Crippen molar-refractivity contribution in [3.05, 3.63) is 42.4 Å². The minimum Gasteiger partial charge on any atom is -0.352 e. The number of alkyl halides is 1. The van der Waals surface area contributed by atoms with Crippen molar-refractivity contribution in [2.24, 2.45) is 0 Å². The van der Waals surface area contributed by atoms with Crippen molar-refractivity contribution in [3.63, 3.8) is 0 Å². The van der Waals surface area contributed by atoms with Crippen LogP contribution >= 0.6 is 0 Å². The molecule has 2 aromatic rings. The second-order valence-corrected chi connectivity index (χ2v) is 8.89. The molecule has 0 aromatic carbocycles. The van der Waals surface area contributed by atoms with Crippen LogP contribution in [0.3, 0.4) is 0 Å². The molecule has 158 valence electrons. The summed E-state index contributed by atoms with van der Waals surface area (Å²) in [5.41, 5.74) is -0.475. The Morgan fingerprint density at radius 3 is 2.77 bits per heavy atom. The van der Waals surface area contributed by atoms with Crippen molar-refractivity contribution in [3.8, 4) is 5.82 Å². The molecule has 4 heterocycles. The summed E-state index contributed by atoms with van der Waals surface area (Å²) in [5.74, 6) is 0.253. The van der Waals surface area contributed by atoms with E-state index >= 15 is 0 Å². The molecule has 2 fully saturated rings. The number of pyridine rings is 1. The number of nitrogens with zero attached hydrogens (tertiary/aromatic N) is 4. The number of aromatic nitrogens is 2. The first kappa shape index (κ1) is 19.1. The van der Waals surface area contributed by atoms with Gasteiger partial charge in [-0.2, -0.15) is 0 Å². The first-order valence-corrected chi connectivity index (χ1v) is 10.5. The van der Waals surface area contributed by atoms with Crippen LogP contribution in [0.5, 0.6) is 0 Å². The summed E-state index contributed by atoms with van der Waals surface area (Å²) in [4.78, 5) is 33.8. The van der Waals surface area contributed by atoms with Gasteiger partial charge in [-0.25, -0.2) is 9.37 Å². The number of rotatable bonds is 4. The van der Waals surface area contributed by atoms with Crippen molar-refractivity contribution >= 4 is 17.5 Å². The average molecular weight is 411 g/mol. The molecule has 0 radical (unpaired) electrons. The summed E-state index contributed by atoms with van der Waals surface area (Å²) >= 11 is 0. The summed E-state index contributed by atoms with van der Waals surface area (Å²) in [7, 11) is 0. The van der Waals surface area contributed by atoms with Crippen molar-refractivity contribution in [2.75, 3.05) is 24.5 Å². The highest BCUT2D eigenvalue weighted by Gasteiger charge is 2.57. The second kappa shape index (κ2) is 6.55. The van der Waals surface area contributed by atoms with Crippen LogP contribution < -0.4 is 10.2 Å². The summed E-state index contributed by atoms with van der Waals surface area (Å²) in [6, 6.07) is 7.81. The Bertz CT molecular complexity index is 1010. The molecule has 1 atom stereocenters. The Morgan fingerprint density at radius 2 is 2.03 bits per heavy atom. The van der Waals surface area contributed by atoms with Crippen LogP contribution in [0.1, 0.15) is 38.8 Å². The van der Waals surface area contributed by atoms with Gasteiger partial charge in [0.1, 0.15) is 5.54 Å². The van der Waals surface area contributed by atoms with Gasteiger partial charge in [0.15, 0.2) is 11.5 Å². The van der Waals surface area contributed by atoms with Crippen LogP contribution in [0.2, 0.25) is 0 Å². The topological polar surface area (TPSA) is 70.5 Å². The molecule has 1 saturated carbocycles. The number of carbonyl (C=O) groups is 2. The molecule has 30 heavy (non-hydrogen) atoms. The molecule has 1 spiro atoms. The highest BCUT2D eigenvalue weighted by molar-refractivity contribution is 5.89. The Balaban J connectivity index is 1.57. The van der Waals surface area contributed by atoms with E-state index in [1.165, 1.54) is 0 Å². The monoisotopic (exact) mass is 411 g/mol. The second-order valence-electron chi connectivity index (χ2n) is 8.89. The number of fused-ring (bicyclic) bond motifs is 4. The Hall–Kier alpha value is -2.90. The molecule has 0 bridgehead atoms. The van der Waals surface area contributed by atoms with Gasteiger partial charge < -0.3 is 19.7 Å². The Kier molecular flexibility index (Phi) is 4.17. The van der Waals surface area contributed by atoms with E-state index in [-0.39, 0.29) is 18.5 Å². The molecule has 2 aliphatic heterocycles. The number of anilines is 1. The van der Waals surface area contributed by atoms with Gasteiger partial charge in [0, 0.05) is 31.5 Å². The maximum absolute atomic E-state index is 14.5. The lowest BCUT2D eigenvalue weighted by Gasteiger charge is -2.46. The van der Waals surface area contributed by atoms with Crippen LogP contribution in [0.25, 0.3) is 5.82 Å². The highest BCUT2D eigenvalue weighted by Crippen LogP contribution is 2.49. The molecule has 0 unspecified atom stereocenters. The summed E-state index contributed by atoms with van der Waals surface area (Å²) in [5, 5.41) is 2.96. The molecule has 1 aliphatic carbocycles. The van der Waals surface area contributed by atoms with Crippen molar-refractivity contribution in [1.29, 1.82) is 0 Å². The van der Waals surface area contributed by atoms with Gasteiger partial charge >= 0.3 is 0 Å². The standard InChI is InChI=1S/C22H26FN5O2/c1-15(2)25-18(29)13-28-16-5-3-10-24-19(16)27-11-4-6-17(27)22(28)9-12-26(14-22)20(30)21(23)7-8-21/h3-6,10-11,15H,7-9,12-14H2,1-2H3,(H,25,29)/t22-/m1/s1. The first-order chi connectivity index (χ1) is 14.3. The van der Waals surface area contributed by atoms with Crippen LogP contribution in [-0.2, 0) is 15.1 Å². The van der Waals surface area contributed by atoms with Gasteiger partial charge in [0.05, 0.1) is 17.9 Å². The van der Waals surface area contributed by atoms with E-state index in [0.29, 0.717) is 32.4 Å². The zero-order valence-electron chi connectivity index (χ0n) is 17.3. The van der Waals surface area contributed by atoms with Crippen molar-refractivity contribution in [1.82, 2.24) is 19.8 Å². The van der Waals surface area contributed by atoms with Crippen LogP contribution in [0.4, 0.5) is 10.1 Å². The zero-order chi connectivity index (χ0) is 21.1. The van der Waals surface area contributed by atoms with E-state index in [1.54, 1.807) is 11.1 Å². The molecule has 2 aromatic heterocycles. The van der Waals surface area contributed by atoms with Crippen LogP contribution in [0.15, 0.2) is 36.7 Å². The summed E-state index contributed by atoms with van der Waals surface area (Å²) in [6.45, 7) is 4.82. The maximum atomic E-state index is 14.5. The van der Waals surface area contributed by atoms with Gasteiger partial charge in [-0.05, 0) is 57.4 Å². The third-order valence-electron chi connectivity index (χ3n) is 6.39. The van der Waals surface area contributed by atoms with Gasteiger partial charge in [0.2, 0.25) is 5.91 Å². The predicted molar refractivity (Wildman–Crippen MR) is 110 cm³/mol. The average Bonchev–Trinajstić information content (AvgIpc) is 3.12. The molecular formula is C22H26FN5O2. The van der Waals surface area contributed by atoms with E-state index in [4.69, 9.17) is 0 Å². The molecule has 5 rings (SSSR count). The lowest BCUT2D eigenvalue weighted by atomic mass is 9.88. The van der Waals surface area contributed by atoms with E-state index in [1.807, 2.05) is 48.9 Å². The van der Waals surface area contributed by atoms with Crippen LogP contribution in [-0.4, -0.2) is 57.6 Å². The van der Waals surface area contributed by atoms with Gasteiger partial charge in [-0.1, -0.05) is 0 Å². The largest absolute Gasteiger partial charge is 0.352 e. The number of amides is 2. The number of hydrogen-bond acceptors (Lipinski definition) is 4. The normalized spacial score (nSPS) is 23.5. The number of likely N-dealkylation sites (tertiary alicyclic amines) is 1. The third-order valence-corrected chi connectivity index (χ3v) is 6.39. The Morgan fingerprint density at radius 1 is 1.23 bits per heavy atom. The minimum atomic E-state index is -1.69.